The van der Waals surface area contributed by atoms with Crippen LogP contribution in [0.5, 0.6) is 11.5 Å². The second-order valence-corrected chi connectivity index (χ2v) is 5.98. The third kappa shape index (κ3) is 4.82. The van der Waals surface area contributed by atoms with Gasteiger partial charge in [0.1, 0.15) is 0 Å². The van der Waals surface area contributed by atoms with Crippen molar-refractivity contribution in [3.63, 3.8) is 0 Å². The summed E-state index contributed by atoms with van der Waals surface area (Å²) in [7, 11) is 0. The van der Waals surface area contributed by atoms with Crippen molar-refractivity contribution in [3.8, 4) is 11.5 Å². The van der Waals surface area contributed by atoms with Gasteiger partial charge in [0.05, 0.1) is 19.3 Å². The summed E-state index contributed by atoms with van der Waals surface area (Å²) in [5.74, 6) is 2.13. The summed E-state index contributed by atoms with van der Waals surface area (Å²) in [6.45, 7) is 4.09. The van der Waals surface area contributed by atoms with Crippen molar-refractivity contribution in [1.29, 1.82) is 0 Å². The van der Waals surface area contributed by atoms with Crippen LogP contribution >= 0.6 is 11.8 Å². The Kier molecular flexibility index (Phi) is 6.20. The van der Waals surface area contributed by atoms with Crippen molar-refractivity contribution >= 4 is 17.7 Å². The van der Waals surface area contributed by atoms with Gasteiger partial charge >= 0.3 is 0 Å². The van der Waals surface area contributed by atoms with Crippen molar-refractivity contribution in [2.45, 2.75) is 30.7 Å². The first-order valence-electron chi connectivity index (χ1n) is 7.26. The maximum absolute atomic E-state index is 11.3. The minimum absolute atomic E-state index is 0.261. The Bertz CT molecular complexity index is 482. The monoisotopic (exact) mass is 310 g/mol. The second-order valence-electron chi connectivity index (χ2n) is 4.81. The number of thioether (sulfide) groups is 1. The quantitative estimate of drug-likeness (QED) is 0.751. The summed E-state index contributed by atoms with van der Waals surface area (Å²) < 4.78 is 11.3. The van der Waals surface area contributed by atoms with Crippen LogP contribution in [0.2, 0.25) is 0 Å². The van der Waals surface area contributed by atoms with Crippen LogP contribution in [0.25, 0.3) is 0 Å². The number of amides is 1. The zero-order valence-electron chi connectivity index (χ0n) is 12.3. The van der Waals surface area contributed by atoms with Crippen molar-refractivity contribution in [2.75, 3.05) is 25.5 Å². The van der Waals surface area contributed by atoms with E-state index >= 15 is 0 Å². The molecule has 0 saturated heterocycles. The third-order valence-electron chi connectivity index (χ3n) is 3.19. The van der Waals surface area contributed by atoms with Gasteiger partial charge in [-0.1, -0.05) is 6.92 Å². The van der Waals surface area contributed by atoms with Crippen LogP contribution < -0.4 is 20.5 Å². The van der Waals surface area contributed by atoms with E-state index in [0.717, 1.165) is 35.1 Å². The molecule has 6 heteroatoms. The standard InChI is InChI=1S/C15H22N2O3S/c1-2-17-12(15(16)18)6-9-21-11-4-5-13-14(10-11)20-8-3-7-19-13/h4-5,10,12,17H,2-3,6-9H2,1H3,(H2,16,18). The number of hydrogen-bond donors (Lipinski definition) is 2. The summed E-state index contributed by atoms with van der Waals surface area (Å²) in [5, 5.41) is 3.09. The Morgan fingerprint density at radius 1 is 1.38 bits per heavy atom. The summed E-state index contributed by atoms with van der Waals surface area (Å²) in [6, 6.07) is 5.70. The van der Waals surface area contributed by atoms with E-state index in [1.165, 1.54) is 0 Å². The molecule has 1 amide bonds. The van der Waals surface area contributed by atoms with Crippen molar-refractivity contribution in [1.82, 2.24) is 5.32 Å². The van der Waals surface area contributed by atoms with Gasteiger partial charge in [0.25, 0.3) is 0 Å². The Balaban J connectivity index is 1.88. The molecule has 1 heterocycles. The number of fused-ring (bicyclic) bond motifs is 1. The van der Waals surface area contributed by atoms with Gasteiger partial charge in [-0.15, -0.1) is 11.8 Å². The van der Waals surface area contributed by atoms with Crippen molar-refractivity contribution in [2.24, 2.45) is 5.73 Å². The Labute approximate surface area is 129 Å². The van der Waals surface area contributed by atoms with E-state index in [1.54, 1.807) is 11.8 Å². The lowest BCUT2D eigenvalue weighted by molar-refractivity contribution is -0.120. The number of benzene rings is 1. The largest absolute Gasteiger partial charge is 0.490 e. The van der Waals surface area contributed by atoms with Gasteiger partial charge in [0.15, 0.2) is 11.5 Å². The van der Waals surface area contributed by atoms with Crippen LogP contribution in [0.4, 0.5) is 0 Å². The predicted molar refractivity (Wildman–Crippen MR) is 84.0 cm³/mol. The van der Waals surface area contributed by atoms with Crippen LogP contribution in [-0.4, -0.2) is 37.5 Å². The van der Waals surface area contributed by atoms with E-state index in [2.05, 4.69) is 5.32 Å². The molecule has 1 aromatic rings. The molecule has 0 radical (unpaired) electrons. The smallest absolute Gasteiger partial charge is 0.234 e. The van der Waals surface area contributed by atoms with Crippen LogP contribution in [-0.2, 0) is 4.79 Å². The van der Waals surface area contributed by atoms with Crippen LogP contribution in [0.3, 0.4) is 0 Å². The fraction of sp³-hybridized carbons (Fsp3) is 0.533. The second kappa shape index (κ2) is 8.14. The maximum Gasteiger partial charge on any atom is 0.234 e. The first-order chi connectivity index (χ1) is 10.2. The molecule has 1 aliphatic rings. The zero-order chi connectivity index (χ0) is 15.1. The average molecular weight is 310 g/mol. The highest BCUT2D eigenvalue weighted by molar-refractivity contribution is 7.99. The van der Waals surface area contributed by atoms with Crippen molar-refractivity contribution in [3.05, 3.63) is 18.2 Å². The molecule has 0 aliphatic carbocycles. The minimum Gasteiger partial charge on any atom is -0.490 e. The van der Waals surface area contributed by atoms with Gasteiger partial charge in [0, 0.05) is 11.3 Å². The lowest BCUT2D eigenvalue weighted by Gasteiger charge is -2.14. The number of likely N-dealkylation sites (N-methyl/N-ethyl adjacent to an activating group) is 1. The summed E-state index contributed by atoms with van der Waals surface area (Å²) in [6.07, 6.45) is 1.61. The van der Waals surface area contributed by atoms with Crippen LogP contribution in [0.15, 0.2) is 23.1 Å². The van der Waals surface area contributed by atoms with Gasteiger partial charge in [-0.3, -0.25) is 4.79 Å². The molecule has 116 valence electrons. The topological polar surface area (TPSA) is 73.6 Å². The molecule has 1 aromatic carbocycles. The lowest BCUT2D eigenvalue weighted by Crippen LogP contribution is -2.41. The maximum atomic E-state index is 11.3. The van der Waals surface area contributed by atoms with E-state index in [9.17, 15) is 4.79 Å². The number of hydrogen-bond acceptors (Lipinski definition) is 5. The molecular weight excluding hydrogens is 288 g/mol. The van der Waals surface area contributed by atoms with E-state index in [1.807, 2.05) is 25.1 Å². The SMILES string of the molecule is CCNC(CCSc1ccc2c(c1)OCCCO2)C(N)=O. The highest BCUT2D eigenvalue weighted by Gasteiger charge is 2.14. The summed E-state index contributed by atoms with van der Waals surface area (Å²) >= 11 is 1.69. The van der Waals surface area contributed by atoms with Gasteiger partial charge in [-0.25, -0.2) is 0 Å². The van der Waals surface area contributed by atoms with E-state index in [0.29, 0.717) is 19.6 Å². The normalized spacial score (nSPS) is 15.3. The molecule has 0 fully saturated rings. The molecule has 21 heavy (non-hydrogen) atoms. The molecule has 0 bridgehead atoms. The molecule has 0 spiro atoms. The minimum atomic E-state index is -0.295. The number of ether oxygens (including phenoxy) is 2. The highest BCUT2D eigenvalue weighted by atomic mass is 32.2. The highest BCUT2D eigenvalue weighted by Crippen LogP contribution is 2.34. The number of nitrogens with two attached hydrogens (primary N) is 1. The number of rotatable bonds is 7. The fourth-order valence-corrected chi connectivity index (χ4v) is 3.06. The Morgan fingerprint density at radius 2 is 2.14 bits per heavy atom. The first-order valence-corrected chi connectivity index (χ1v) is 8.24. The van der Waals surface area contributed by atoms with Gasteiger partial charge in [0.2, 0.25) is 5.91 Å². The Morgan fingerprint density at radius 3 is 2.86 bits per heavy atom. The van der Waals surface area contributed by atoms with Gasteiger partial charge in [-0.05, 0) is 36.9 Å². The summed E-state index contributed by atoms with van der Waals surface area (Å²) in [4.78, 5) is 12.4. The van der Waals surface area contributed by atoms with Crippen LogP contribution in [0.1, 0.15) is 19.8 Å². The molecule has 2 rings (SSSR count). The van der Waals surface area contributed by atoms with Crippen LogP contribution in [0, 0.1) is 0 Å². The molecule has 1 unspecified atom stereocenters. The van der Waals surface area contributed by atoms with E-state index in [4.69, 9.17) is 15.2 Å². The predicted octanol–water partition coefficient (Wildman–Crippen LogP) is 1.79. The molecule has 5 nitrogen and oxygen atoms in total. The number of primary amides is 1. The number of carbonyl (C=O) groups is 1. The molecule has 0 aromatic heterocycles. The van der Waals surface area contributed by atoms with Gasteiger partial charge in [-0.2, -0.15) is 0 Å². The average Bonchev–Trinajstić information content (AvgIpc) is 2.71. The van der Waals surface area contributed by atoms with Gasteiger partial charge < -0.3 is 20.5 Å². The first kappa shape index (κ1) is 16.0. The molecule has 3 N–H and O–H groups in total. The van der Waals surface area contributed by atoms with E-state index < -0.39 is 0 Å². The molecule has 0 saturated carbocycles. The molecule has 1 atom stereocenters. The summed E-state index contributed by atoms with van der Waals surface area (Å²) in [5.41, 5.74) is 5.36. The number of nitrogens with one attached hydrogen (secondary N) is 1. The third-order valence-corrected chi connectivity index (χ3v) is 4.22. The lowest BCUT2D eigenvalue weighted by atomic mass is 10.2. The molecule has 1 aliphatic heterocycles. The molecular formula is C15H22N2O3S. The zero-order valence-corrected chi connectivity index (χ0v) is 13.1. The van der Waals surface area contributed by atoms with E-state index in [-0.39, 0.29) is 11.9 Å². The van der Waals surface area contributed by atoms with Crippen molar-refractivity contribution < 1.29 is 14.3 Å². The number of carbonyl (C=O) groups excluding carboxylic acids is 1. The Hall–Kier alpha value is -1.40. The fourth-order valence-electron chi connectivity index (χ4n) is 2.12.